The molecule has 0 fully saturated rings. The standard InChI is InChI=1S/C65H82O4/c1-21-49-23-27-51(28-24-49)39-61(11,12)66-57-45(7)35-55(36-46(57)8)64(17,18)68-59-41(3)31-53(32-42(59)4)63(15,16)54-33-43(5)60(44(6)34-54)69-65(19,20)56-37-47(9)58(48(10)38-56)67-62(13,14)40-52-29-25-50(22-2)26-30-52/h21,23-38H,1,22,39-40H2,2-20H3. The molecule has 0 amide bonds. The highest BCUT2D eigenvalue weighted by Gasteiger charge is 2.33. The topological polar surface area (TPSA) is 36.9 Å². The zero-order valence-corrected chi connectivity index (χ0v) is 45.8. The average molecular weight is 927 g/mol. The summed E-state index contributed by atoms with van der Waals surface area (Å²) in [5.74, 6) is 3.72. The van der Waals surface area contributed by atoms with Gasteiger partial charge in [-0.3, -0.25) is 0 Å². The summed E-state index contributed by atoms with van der Waals surface area (Å²) in [4.78, 5) is 0. The molecule has 0 saturated heterocycles. The van der Waals surface area contributed by atoms with E-state index in [9.17, 15) is 0 Å². The predicted octanol–water partition coefficient (Wildman–Crippen LogP) is 17.1. The van der Waals surface area contributed by atoms with Gasteiger partial charge in [-0.05, 0) is 230 Å². The molecular formula is C65H82O4. The maximum absolute atomic E-state index is 7.01. The van der Waals surface area contributed by atoms with Crippen molar-refractivity contribution >= 4 is 6.08 Å². The summed E-state index contributed by atoms with van der Waals surface area (Å²) < 4.78 is 27.6. The first-order valence-electron chi connectivity index (χ1n) is 25.1. The fraction of sp³-hybridized carbons (Fsp3) is 0.415. The molecule has 0 bridgehead atoms. The van der Waals surface area contributed by atoms with Crippen molar-refractivity contribution in [2.24, 2.45) is 0 Å². The highest BCUT2D eigenvalue weighted by molar-refractivity contribution is 5.54. The highest BCUT2D eigenvalue weighted by Crippen LogP contribution is 2.43. The van der Waals surface area contributed by atoms with Crippen molar-refractivity contribution in [3.63, 3.8) is 0 Å². The van der Waals surface area contributed by atoms with Crippen LogP contribution >= 0.6 is 0 Å². The fourth-order valence-corrected chi connectivity index (χ4v) is 9.93. The fourth-order valence-electron chi connectivity index (χ4n) is 9.93. The van der Waals surface area contributed by atoms with Gasteiger partial charge in [-0.1, -0.05) is 106 Å². The molecule has 4 heteroatoms. The van der Waals surface area contributed by atoms with Crippen molar-refractivity contribution in [2.75, 3.05) is 0 Å². The van der Waals surface area contributed by atoms with Gasteiger partial charge < -0.3 is 18.9 Å². The molecule has 6 rings (SSSR count). The summed E-state index contributed by atoms with van der Waals surface area (Å²) in [6, 6.07) is 35.6. The van der Waals surface area contributed by atoms with Crippen LogP contribution in [0.15, 0.2) is 104 Å². The Bertz CT molecular complexity index is 2720. The Balaban J connectivity index is 1.17. The van der Waals surface area contributed by atoms with Crippen LogP contribution in [0.3, 0.4) is 0 Å². The Morgan fingerprint density at radius 1 is 0.377 bits per heavy atom. The lowest BCUT2D eigenvalue weighted by Gasteiger charge is -2.34. The molecule has 0 aromatic heterocycles. The summed E-state index contributed by atoms with van der Waals surface area (Å²) in [5, 5.41) is 0. The Kier molecular flexibility index (Phi) is 15.2. The molecule has 0 aliphatic rings. The minimum Gasteiger partial charge on any atom is -0.487 e. The van der Waals surface area contributed by atoms with E-state index in [4.69, 9.17) is 18.9 Å². The van der Waals surface area contributed by atoms with Crippen molar-refractivity contribution < 1.29 is 18.9 Å². The van der Waals surface area contributed by atoms with E-state index in [2.05, 4.69) is 235 Å². The maximum Gasteiger partial charge on any atom is 0.128 e. The molecular weight excluding hydrogens is 845 g/mol. The van der Waals surface area contributed by atoms with E-state index < -0.39 is 16.8 Å². The van der Waals surface area contributed by atoms with Gasteiger partial charge in [-0.15, -0.1) is 0 Å². The van der Waals surface area contributed by atoms with E-state index in [1.54, 1.807) is 0 Å². The molecule has 6 aromatic carbocycles. The molecule has 0 unspecified atom stereocenters. The molecule has 0 heterocycles. The van der Waals surface area contributed by atoms with Crippen molar-refractivity contribution in [1.82, 2.24) is 0 Å². The van der Waals surface area contributed by atoms with Gasteiger partial charge in [0.25, 0.3) is 0 Å². The minimum atomic E-state index is -0.591. The van der Waals surface area contributed by atoms with Crippen LogP contribution in [0.4, 0.5) is 0 Å². The normalized spacial score (nSPS) is 12.5. The van der Waals surface area contributed by atoms with Gasteiger partial charge in [0.05, 0.1) is 0 Å². The number of benzene rings is 6. The summed E-state index contributed by atoms with van der Waals surface area (Å²) in [6.45, 7) is 45.3. The highest BCUT2D eigenvalue weighted by atomic mass is 16.5. The molecule has 6 aromatic rings. The lowest BCUT2D eigenvalue weighted by atomic mass is 9.76. The quantitative estimate of drug-likeness (QED) is 0.0861. The molecule has 4 nitrogen and oxygen atoms in total. The van der Waals surface area contributed by atoms with Crippen LogP contribution in [0.5, 0.6) is 23.0 Å². The van der Waals surface area contributed by atoms with Gasteiger partial charge in [0.15, 0.2) is 0 Å². The van der Waals surface area contributed by atoms with Crippen molar-refractivity contribution in [3.05, 3.63) is 193 Å². The first-order chi connectivity index (χ1) is 32.0. The van der Waals surface area contributed by atoms with Crippen molar-refractivity contribution in [1.29, 1.82) is 0 Å². The summed E-state index contributed by atoms with van der Waals surface area (Å²) >= 11 is 0. The van der Waals surface area contributed by atoms with E-state index >= 15 is 0 Å². The van der Waals surface area contributed by atoms with E-state index in [1.807, 2.05) is 6.08 Å². The lowest BCUT2D eigenvalue weighted by molar-refractivity contribution is 0.102. The number of hydrogen-bond acceptors (Lipinski definition) is 4. The van der Waals surface area contributed by atoms with Crippen LogP contribution in [-0.2, 0) is 35.9 Å². The van der Waals surface area contributed by atoms with Crippen LogP contribution in [0, 0.1) is 55.4 Å². The number of ether oxygens (including phenoxy) is 4. The zero-order valence-electron chi connectivity index (χ0n) is 45.8. The van der Waals surface area contributed by atoms with Gasteiger partial charge in [0.1, 0.15) is 45.4 Å². The van der Waals surface area contributed by atoms with Crippen LogP contribution in [0.1, 0.15) is 165 Å². The molecule has 0 saturated carbocycles. The molecule has 0 aliphatic heterocycles. The minimum absolute atomic E-state index is 0.281. The Hall–Kier alpha value is -5.74. The SMILES string of the molecule is C=Cc1ccc(CC(C)(C)Oc2c(C)cc(C(C)(C)Oc3c(C)cc(C(C)(C)c4cc(C)c(OC(C)(C)c5cc(C)c(OC(C)(C)Cc6ccc(CC)cc6)c(C)c5)c(C)c4)cc3C)cc2C)cc1. The first kappa shape index (κ1) is 52.6. The number of hydrogen-bond donors (Lipinski definition) is 0. The third-order valence-corrected chi connectivity index (χ3v) is 14.1. The summed E-state index contributed by atoms with van der Waals surface area (Å²) in [6.07, 6.45) is 4.54. The van der Waals surface area contributed by atoms with Crippen LogP contribution in [-0.4, -0.2) is 11.2 Å². The third-order valence-electron chi connectivity index (χ3n) is 14.1. The zero-order chi connectivity index (χ0) is 51.0. The second kappa shape index (κ2) is 19.9. The van der Waals surface area contributed by atoms with Crippen LogP contribution < -0.4 is 18.9 Å². The Labute approximate surface area is 417 Å². The molecule has 69 heavy (non-hydrogen) atoms. The average Bonchev–Trinajstić information content (AvgIpc) is 3.26. The van der Waals surface area contributed by atoms with E-state index in [0.717, 1.165) is 103 Å². The summed E-state index contributed by atoms with van der Waals surface area (Å²) in [7, 11) is 0. The molecule has 0 atom stereocenters. The van der Waals surface area contributed by atoms with Gasteiger partial charge >= 0.3 is 0 Å². The second-order valence-electron chi connectivity index (χ2n) is 22.8. The molecule has 0 aliphatic carbocycles. The van der Waals surface area contributed by atoms with Gasteiger partial charge in [-0.2, -0.15) is 0 Å². The van der Waals surface area contributed by atoms with Gasteiger partial charge in [0.2, 0.25) is 0 Å². The van der Waals surface area contributed by atoms with Gasteiger partial charge in [0, 0.05) is 18.3 Å². The van der Waals surface area contributed by atoms with Gasteiger partial charge in [-0.25, -0.2) is 0 Å². The van der Waals surface area contributed by atoms with Crippen molar-refractivity contribution in [2.45, 2.75) is 179 Å². The van der Waals surface area contributed by atoms with Crippen LogP contribution in [0.2, 0.25) is 0 Å². The third kappa shape index (κ3) is 12.2. The second-order valence-corrected chi connectivity index (χ2v) is 22.8. The molecule has 0 spiro atoms. The van der Waals surface area contributed by atoms with E-state index in [-0.39, 0.29) is 11.0 Å². The Morgan fingerprint density at radius 2 is 0.638 bits per heavy atom. The maximum atomic E-state index is 7.01. The van der Waals surface area contributed by atoms with Crippen molar-refractivity contribution in [3.8, 4) is 23.0 Å². The van der Waals surface area contributed by atoms with Crippen LogP contribution in [0.25, 0.3) is 6.08 Å². The molecule has 0 N–H and O–H groups in total. The largest absolute Gasteiger partial charge is 0.487 e. The first-order valence-corrected chi connectivity index (χ1v) is 25.1. The smallest absolute Gasteiger partial charge is 0.128 e. The molecule has 366 valence electrons. The molecule has 0 radical (unpaired) electrons. The van der Waals surface area contributed by atoms with E-state index in [1.165, 1.54) is 27.8 Å². The predicted molar refractivity (Wildman–Crippen MR) is 292 cm³/mol. The summed E-state index contributed by atoms with van der Waals surface area (Å²) in [5.41, 5.74) is 16.4. The monoisotopic (exact) mass is 927 g/mol. The Morgan fingerprint density at radius 3 is 0.928 bits per heavy atom. The lowest BCUT2D eigenvalue weighted by Crippen LogP contribution is -2.32. The van der Waals surface area contributed by atoms with E-state index in [0.29, 0.717) is 0 Å². The number of rotatable bonds is 18. The number of aryl methyl sites for hydroxylation is 9.